The molecule has 1 amide bonds. The van der Waals surface area contributed by atoms with Crippen molar-refractivity contribution in [2.45, 2.75) is 0 Å². The molecule has 0 aliphatic heterocycles. The van der Waals surface area contributed by atoms with Crippen LogP contribution in [0.1, 0.15) is 5.56 Å². The molecule has 114 valence electrons. The molecule has 6 heteroatoms. The second-order valence-electron chi connectivity index (χ2n) is 4.29. The molecule has 0 unspecified atom stereocenters. The number of phenols is 1. The summed E-state index contributed by atoms with van der Waals surface area (Å²) in [5, 5.41) is 13.3. The lowest BCUT2D eigenvalue weighted by Crippen LogP contribution is -2.24. The van der Waals surface area contributed by atoms with Crippen molar-refractivity contribution in [3.8, 4) is 17.2 Å². The van der Waals surface area contributed by atoms with Gasteiger partial charge in [0.25, 0.3) is 5.91 Å². The number of para-hydroxylation sites is 3. The summed E-state index contributed by atoms with van der Waals surface area (Å²) >= 11 is 0. The summed E-state index contributed by atoms with van der Waals surface area (Å²) < 4.78 is 10.5. The largest absolute Gasteiger partial charge is 0.507 e. The number of hydrazone groups is 1. The van der Waals surface area contributed by atoms with Crippen LogP contribution in [0.25, 0.3) is 0 Å². The number of hydrogen-bond donors (Lipinski definition) is 2. The molecule has 0 aliphatic carbocycles. The van der Waals surface area contributed by atoms with Gasteiger partial charge in [-0.3, -0.25) is 4.79 Å². The molecule has 0 spiro atoms. The number of nitrogens with zero attached hydrogens (tertiary/aromatic N) is 1. The van der Waals surface area contributed by atoms with Crippen LogP contribution in [-0.4, -0.2) is 30.9 Å². The summed E-state index contributed by atoms with van der Waals surface area (Å²) in [5.41, 5.74) is 2.83. The first-order chi connectivity index (χ1) is 10.7. The predicted octanol–water partition coefficient (Wildman–Crippen LogP) is 1.93. The summed E-state index contributed by atoms with van der Waals surface area (Å²) in [6, 6.07) is 13.7. The van der Waals surface area contributed by atoms with E-state index in [1.807, 2.05) is 6.07 Å². The van der Waals surface area contributed by atoms with Crippen LogP contribution in [0, 0.1) is 0 Å². The average Bonchev–Trinajstić information content (AvgIpc) is 2.55. The summed E-state index contributed by atoms with van der Waals surface area (Å²) in [6.45, 7) is -0.196. The number of hydrogen-bond acceptors (Lipinski definition) is 5. The molecule has 0 saturated heterocycles. The molecular weight excluding hydrogens is 284 g/mol. The number of benzene rings is 2. The molecular formula is C16H16N2O4. The van der Waals surface area contributed by atoms with Crippen molar-refractivity contribution in [2.75, 3.05) is 13.7 Å². The predicted molar refractivity (Wildman–Crippen MR) is 82.3 cm³/mol. The van der Waals surface area contributed by atoms with Crippen molar-refractivity contribution in [3.63, 3.8) is 0 Å². The maximum absolute atomic E-state index is 11.6. The van der Waals surface area contributed by atoms with Crippen molar-refractivity contribution in [1.82, 2.24) is 5.43 Å². The number of phenolic OH excluding ortho intramolecular Hbond substituents is 1. The number of nitrogens with one attached hydrogen (secondary N) is 1. The molecule has 0 saturated carbocycles. The number of aromatic hydroxyl groups is 1. The van der Waals surface area contributed by atoms with E-state index in [0.29, 0.717) is 17.1 Å². The molecule has 2 rings (SSSR count). The molecule has 2 aromatic carbocycles. The Morgan fingerprint density at radius 2 is 1.86 bits per heavy atom. The van der Waals surface area contributed by atoms with Gasteiger partial charge in [0.05, 0.1) is 13.3 Å². The average molecular weight is 300 g/mol. The number of amides is 1. The molecule has 0 bridgehead atoms. The van der Waals surface area contributed by atoms with E-state index < -0.39 is 5.91 Å². The Labute approximate surface area is 128 Å². The smallest absolute Gasteiger partial charge is 0.277 e. The molecule has 0 aromatic heterocycles. The zero-order valence-corrected chi connectivity index (χ0v) is 12.0. The van der Waals surface area contributed by atoms with Crippen molar-refractivity contribution in [2.24, 2.45) is 5.10 Å². The van der Waals surface area contributed by atoms with Crippen LogP contribution < -0.4 is 14.9 Å². The Hall–Kier alpha value is -3.02. The molecule has 6 nitrogen and oxygen atoms in total. The lowest BCUT2D eigenvalue weighted by molar-refractivity contribution is -0.123. The minimum atomic E-state index is -0.419. The fourth-order valence-corrected chi connectivity index (χ4v) is 1.68. The molecule has 0 radical (unpaired) electrons. The van der Waals surface area contributed by atoms with Crippen LogP contribution in [0.2, 0.25) is 0 Å². The van der Waals surface area contributed by atoms with Gasteiger partial charge in [-0.25, -0.2) is 5.43 Å². The van der Waals surface area contributed by atoms with E-state index in [4.69, 9.17) is 9.47 Å². The number of carbonyl (C=O) groups excluding carboxylic acids is 1. The maximum atomic E-state index is 11.6. The highest BCUT2D eigenvalue weighted by Gasteiger charge is 2.06. The van der Waals surface area contributed by atoms with Gasteiger partial charge in [0.1, 0.15) is 5.75 Å². The third-order valence-corrected chi connectivity index (χ3v) is 2.76. The van der Waals surface area contributed by atoms with Crippen LogP contribution in [0.3, 0.4) is 0 Å². The van der Waals surface area contributed by atoms with Gasteiger partial charge in [0, 0.05) is 5.56 Å². The third-order valence-electron chi connectivity index (χ3n) is 2.76. The van der Waals surface area contributed by atoms with Crippen LogP contribution in [0.5, 0.6) is 17.2 Å². The Morgan fingerprint density at radius 1 is 1.18 bits per heavy atom. The number of carbonyl (C=O) groups is 1. The van der Waals surface area contributed by atoms with Gasteiger partial charge in [0.2, 0.25) is 0 Å². The normalized spacial score (nSPS) is 10.4. The monoisotopic (exact) mass is 300 g/mol. The summed E-state index contributed by atoms with van der Waals surface area (Å²) in [4.78, 5) is 11.6. The van der Waals surface area contributed by atoms with E-state index in [-0.39, 0.29) is 12.4 Å². The molecule has 22 heavy (non-hydrogen) atoms. The first-order valence-corrected chi connectivity index (χ1v) is 6.56. The Balaban J connectivity index is 1.85. The SMILES string of the molecule is COc1ccccc1OCC(=O)N/N=C/c1ccccc1O. The molecule has 2 aromatic rings. The summed E-state index contributed by atoms with van der Waals surface area (Å²) in [7, 11) is 1.53. The van der Waals surface area contributed by atoms with Gasteiger partial charge in [-0.05, 0) is 24.3 Å². The first-order valence-electron chi connectivity index (χ1n) is 6.56. The van der Waals surface area contributed by atoms with Crippen LogP contribution in [-0.2, 0) is 4.79 Å². The Bertz CT molecular complexity index is 671. The van der Waals surface area contributed by atoms with Gasteiger partial charge in [0.15, 0.2) is 18.1 Å². The van der Waals surface area contributed by atoms with E-state index in [2.05, 4.69) is 10.5 Å². The maximum Gasteiger partial charge on any atom is 0.277 e. The number of ether oxygens (including phenoxy) is 2. The molecule has 0 atom stereocenters. The van der Waals surface area contributed by atoms with Crippen molar-refractivity contribution < 1.29 is 19.4 Å². The van der Waals surface area contributed by atoms with Crippen LogP contribution in [0.4, 0.5) is 0 Å². The topological polar surface area (TPSA) is 80.2 Å². The van der Waals surface area contributed by atoms with Crippen LogP contribution >= 0.6 is 0 Å². The molecule has 0 aliphatic rings. The molecule has 0 heterocycles. The van der Waals surface area contributed by atoms with Gasteiger partial charge in [-0.15, -0.1) is 0 Å². The zero-order chi connectivity index (χ0) is 15.8. The Morgan fingerprint density at radius 3 is 2.59 bits per heavy atom. The number of methoxy groups -OCH3 is 1. The van der Waals surface area contributed by atoms with Crippen molar-refractivity contribution in [3.05, 3.63) is 54.1 Å². The van der Waals surface area contributed by atoms with E-state index in [9.17, 15) is 9.90 Å². The second kappa shape index (κ2) is 7.68. The quantitative estimate of drug-likeness (QED) is 0.631. The van der Waals surface area contributed by atoms with Crippen molar-refractivity contribution >= 4 is 12.1 Å². The third kappa shape index (κ3) is 4.24. The minimum absolute atomic E-state index is 0.0887. The second-order valence-corrected chi connectivity index (χ2v) is 4.29. The highest BCUT2D eigenvalue weighted by molar-refractivity contribution is 5.85. The first kappa shape index (κ1) is 15.4. The Kier molecular flexibility index (Phi) is 5.37. The van der Waals surface area contributed by atoms with Gasteiger partial charge in [-0.2, -0.15) is 5.10 Å². The van der Waals surface area contributed by atoms with E-state index in [1.165, 1.54) is 19.4 Å². The highest BCUT2D eigenvalue weighted by atomic mass is 16.5. The molecule has 0 fully saturated rings. The van der Waals surface area contributed by atoms with E-state index >= 15 is 0 Å². The van der Waals surface area contributed by atoms with Crippen LogP contribution in [0.15, 0.2) is 53.6 Å². The van der Waals surface area contributed by atoms with Gasteiger partial charge >= 0.3 is 0 Å². The number of rotatable bonds is 6. The summed E-state index contributed by atoms with van der Waals surface area (Å²) in [6.07, 6.45) is 1.36. The fraction of sp³-hybridized carbons (Fsp3) is 0.125. The lowest BCUT2D eigenvalue weighted by Gasteiger charge is -2.09. The standard InChI is InChI=1S/C16H16N2O4/c1-21-14-8-4-5-9-15(14)22-11-16(20)18-17-10-12-6-2-3-7-13(12)19/h2-10,19H,11H2,1H3,(H,18,20)/b17-10+. The van der Waals surface area contributed by atoms with E-state index in [0.717, 1.165) is 0 Å². The summed E-state index contributed by atoms with van der Waals surface area (Å²) in [5.74, 6) is 0.696. The minimum Gasteiger partial charge on any atom is -0.507 e. The van der Waals surface area contributed by atoms with Crippen molar-refractivity contribution in [1.29, 1.82) is 0 Å². The molecule has 2 N–H and O–H groups in total. The highest BCUT2D eigenvalue weighted by Crippen LogP contribution is 2.25. The van der Waals surface area contributed by atoms with E-state index in [1.54, 1.807) is 36.4 Å². The van der Waals surface area contributed by atoms with Gasteiger partial charge in [-0.1, -0.05) is 24.3 Å². The van der Waals surface area contributed by atoms with Gasteiger partial charge < -0.3 is 14.6 Å². The fourth-order valence-electron chi connectivity index (χ4n) is 1.68. The zero-order valence-electron chi connectivity index (χ0n) is 12.0. The lowest BCUT2D eigenvalue weighted by atomic mass is 10.2.